The van der Waals surface area contributed by atoms with E-state index in [1.165, 1.54) is 17.6 Å². The van der Waals surface area contributed by atoms with Crippen molar-refractivity contribution in [2.45, 2.75) is 13.5 Å². The van der Waals surface area contributed by atoms with Crippen molar-refractivity contribution in [3.63, 3.8) is 0 Å². The molecule has 122 valence electrons. The van der Waals surface area contributed by atoms with Crippen LogP contribution in [0.15, 0.2) is 36.7 Å². The predicted molar refractivity (Wildman–Crippen MR) is 90.0 cm³/mol. The molecule has 0 unspecified atom stereocenters. The molecule has 23 heavy (non-hydrogen) atoms. The Morgan fingerprint density at radius 2 is 2.04 bits per heavy atom. The second kappa shape index (κ2) is 7.78. The van der Waals surface area contributed by atoms with Gasteiger partial charge in [0.1, 0.15) is 12.1 Å². The van der Waals surface area contributed by atoms with Gasteiger partial charge in [-0.15, -0.1) is 0 Å². The SMILES string of the molecule is CCOc1cc(NCc2ccccc2N2CCOCC2)ncn1. The summed E-state index contributed by atoms with van der Waals surface area (Å²) in [6.45, 7) is 6.66. The van der Waals surface area contributed by atoms with E-state index < -0.39 is 0 Å². The highest BCUT2D eigenvalue weighted by molar-refractivity contribution is 5.55. The molecule has 1 aliphatic heterocycles. The summed E-state index contributed by atoms with van der Waals surface area (Å²) in [5.41, 5.74) is 2.49. The highest BCUT2D eigenvalue weighted by Crippen LogP contribution is 2.22. The van der Waals surface area contributed by atoms with Crippen molar-refractivity contribution < 1.29 is 9.47 Å². The summed E-state index contributed by atoms with van der Waals surface area (Å²) in [4.78, 5) is 10.7. The Balaban J connectivity index is 1.69. The average Bonchev–Trinajstić information content (AvgIpc) is 2.62. The number of morpholine rings is 1. The van der Waals surface area contributed by atoms with Crippen LogP contribution in [0.2, 0.25) is 0 Å². The zero-order valence-corrected chi connectivity index (χ0v) is 13.4. The molecule has 2 aromatic rings. The first-order chi connectivity index (χ1) is 11.4. The molecule has 6 nitrogen and oxygen atoms in total. The minimum atomic E-state index is 0.589. The zero-order valence-electron chi connectivity index (χ0n) is 13.4. The topological polar surface area (TPSA) is 59.5 Å². The lowest BCUT2D eigenvalue weighted by molar-refractivity contribution is 0.122. The van der Waals surface area contributed by atoms with Gasteiger partial charge in [0.05, 0.1) is 19.8 Å². The molecule has 1 saturated heterocycles. The number of aromatic nitrogens is 2. The van der Waals surface area contributed by atoms with Crippen LogP contribution in [0, 0.1) is 0 Å². The Bertz CT molecular complexity index is 629. The van der Waals surface area contributed by atoms with E-state index in [9.17, 15) is 0 Å². The van der Waals surface area contributed by atoms with Crippen LogP contribution in [0.25, 0.3) is 0 Å². The van der Waals surface area contributed by atoms with E-state index in [1.54, 1.807) is 0 Å². The van der Waals surface area contributed by atoms with E-state index in [1.807, 2.05) is 13.0 Å². The molecule has 0 spiro atoms. The van der Waals surface area contributed by atoms with Gasteiger partial charge < -0.3 is 19.7 Å². The molecule has 1 fully saturated rings. The number of anilines is 2. The monoisotopic (exact) mass is 314 g/mol. The van der Waals surface area contributed by atoms with Gasteiger partial charge in [0, 0.05) is 31.4 Å². The maximum Gasteiger partial charge on any atom is 0.218 e. The van der Waals surface area contributed by atoms with Gasteiger partial charge in [-0.3, -0.25) is 0 Å². The Morgan fingerprint density at radius 1 is 1.22 bits per heavy atom. The Morgan fingerprint density at radius 3 is 2.87 bits per heavy atom. The number of hydrogen-bond acceptors (Lipinski definition) is 6. The van der Waals surface area contributed by atoms with Crippen molar-refractivity contribution in [3.05, 3.63) is 42.2 Å². The maximum absolute atomic E-state index is 5.44. The van der Waals surface area contributed by atoms with Gasteiger partial charge in [-0.2, -0.15) is 0 Å². The molecule has 2 heterocycles. The molecular weight excluding hydrogens is 292 g/mol. The quantitative estimate of drug-likeness (QED) is 0.883. The van der Waals surface area contributed by atoms with E-state index in [2.05, 4.69) is 44.5 Å². The van der Waals surface area contributed by atoms with Gasteiger partial charge in [0.25, 0.3) is 0 Å². The van der Waals surface area contributed by atoms with Crippen LogP contribution < -0.4 is 15.0 Å². The summed E-state index contributed by atoms with van der Waals surface area (Å²) >= 11 is 0. The number of hydrogen-bond donors (Lipinski definition) is 1. The molecule has 0 bridgehead atoms. The summed E-state index contributed by atoms with van der Waals surface area (Å²) < 4.78 is 10.8. The van der Waals surface area contributed by atoms with Crippen LogP contribution in [-0.4, -0.2) is 42.9 Å². The van der Waals surface area contributed by atoms with E-state index in [0.29, 0.717) is 19.0 Å². The zero-order chi connectivity index (χ0) is 15.9. The summed E-state index contributed by atoms with van der Waals surface area (Å²) in [6, 6.07) is 10.3. The molecular formula is C17H22N4O2. The first-order valence-corrected chi connectivity index (χ1v) is 7.96. The first-order valence-electron chi connectivity index (χ1n) is 7.96. The fraction of sp³-hybridized carbons (Fsp3) is 0.412. The number of nitrogens with one attached hydrogen (secondary N) is 1. The highest BCUT2D eigenvalue weighted by atomic mass is 16.5. The van der Waals surface area contributed by atoms with Crippen molar-refractivity contribution in [2.75, 3.05) is 43.1 Å². The second-order valence-corrected chi connectivity index (χ2v) is 5.26. The summed E-state index contributed by atoms with van der Waals surface area (Å²) in [5, 5.41) is 3.35. The van der Waals surface area contributed by atoms with Gasteiger partial charge in [-0.25, -0.2) is 9.97 Å². The summed E-state index contributed by atoms with van der Waals surface area (Å²) in [7, 11) is 0. The van der Waals surface area contributed by atoms with E-state index in [0.717, 1.165) is 32.1 Å². The van der Waals surface area contributed by atoms with Gasteiger partial charge in [-0.05, 0) is 18.6 Å². The molecule has 0 atom stereocenters. The van der Waals surface area contributed by atoms with Gasteiger partial charge in [0.2, 0.25) is 5.88 Å². The van der Waals surface area contributed by atoms with Crippen molar-refractivity contribution in [3.8, 4) is 5.88 Å². The number of para-hydroxylation sites is 1. The number of rotatable bonds is 6. The van der Waals surface area contributed by atoms with E-state index in [4.69, 9.17) is 9.47 Å². The first kappa shape index (κ1) is 15.6. The highest BCUT2D eigenvalue weighted by Gasteiger charge is 2.14. The van der Waals surface area contributed by atoms with Crippen molar-refractivity contribution >= 4 is 11.5 Å². The van der Waals surface area contributed by atoms with E-state index >= 15 is 0 Å². The lowest BCUT2D eigenvalue weighted by atomic mass is 10.1. The van der Waals surface area contributed by atoms with Crippen LogP contribution in [0.3, 0.4) is 0 Å². The molecule has 0 radical (unpaired) electrons. The van der Waals surface area contributed by atoms with Crippen molar-refractivity contribution in [1.82, 2.24) is 9.97 Å². The number of benzene rings is 1. The van der Waals surface area contributed by atoms with Gasteiger partial charge in [0.15, 0.2) is 0 Å². The lowest BCUT2D eigenvalue weighted by Gasteiger charge is -2.30. The lowest BCUT2D eigenvalue weighted by Crippen LogP contribution is -2.36. The standard InChI is InChI=1S/C17H22N4O2/c1-2-23-17-11-16(19-13-20-17)18-12-14-5-3-4-6-15(14)21-7-9-22-10-8-21/h3-6,11,13H,2,7-10,12H2,1H3,(H,18,19,20). The molecule has 1 aromatic carbocycles. The third-order valence-electron chi connectivity index (χ3n) is 3.74. The summed E-state index contributed by atoms with van der Waals surface area (Å²) in [6.07, 6.45) is 1.52. The van der Waals surface area contributed by atoms with Crippen LogP contribution in [0.4, 0.5) is 11.5 Å². The maximum atomic E-state index is 5.44. The molecule has 0 amide bonds. The molecule has 1 aliphatic rings. The Kier molecular flexibility index (Phi) is 5.26. The normalized spacial score (nSPS) is 14.6. The molecule has 1 N–H and O–H groups in total. The molecule has 0 saturated carbocycles. The second-order valence-electron chi connectivity index (χ2n) is 5.26. The average molecular weight is 314 g/mol. The van der Waals surface area contributed by atoms with Crippen LogP contribution in [0.1, 0.15) is 12.5 Å². The van der Waals surface area contributed by atoms with Crippen LogP contribution in [-0.2, 0) is 11.3 Å². The summed E-state index contributed by atoms with van der Waals surface area (Å²) in [5.74, 6) is 1.35. The van der Waals surface area contributed by atoms with Crippen LogP contribution >= 0.6 is 0 Å². The molecule has 1 aromatic heterocycles. The smallest absolute Gasteiger partial charge is 0.218 e. The number of ether oxygens (including phenoxy) is 2. The van der Waals surface area contributed by atoms with Crippen molar-refractivity contribution in [1.29, 1.82) is 0 Å². The Labute approximate surface area is 136 Å². The third kappa shape index (κ3) is 4.10. The van der Waals surface area contributed by atoms with Crippen LogP contribution in [0.5, 0.6) is 5.88 Å². The van der Waals surface area contributed by atoms with Crippen molar-refractivity contribution in [2.24, 2.45) is 0 Å². The van der Waals surface area contributed by atoms with Gasteiger partial charge >= 0.3 is 0 Å². The van der Waals surface area contributed by atoms with E-state index in [-0.39, 0.29) is 0 Å². The predicted octanol–water partition coefficient (Wildman–Crippen LogP) is 2.32. The largest absolute Gasteiger partial charge is 0.478 e. The fourth-order valence-corrected chi connectivity index (χ4v) is 2.62. The van der Waals surface area contributed by atoms with Gasteiger partial charge in [-0.1, -0.05) is 18.2 Å². The fourth-order valence-electron chi connectivity index (χ4n) is 2.62. The number of nitrogens with zero attached hydrogens (tertiary/aromatic N) is 3. The Hall–Kier alpha value is -2.34. The third-order valence-corrected chi connectivity index (χ3v) is 3.74. The molecule has 6 heteroatoms. The molecule has 0 aliphatic carbocycles. The minimum Gasteiger partial charge on any atom is -0.478 e. The molecule has 3 rings (SSSR count). The minimum absolute atomic E-state index is 0.589.